The van der Waals surface area contributed by atoms with Crippen molar-refractivity contribution in [2.24, 2.45) is 0 Å². The van der Waals surface area contributed by atoms with Gasteiger partial charge in [0.1, 0.15) is 18.1 Å². The lowest BCUT2D eigenvalue weighted by molar-refractivity contribution is -0.116. The molecule has 0 atom stereocenters. The second-order valence-corrected chi connectivity index (χ2v) is 4.23. The normalized spacial score (nSPS) is 9.58. The fourth-order valence-corrected chi connectivity index (χ4v) is 1.62. The number of nitrogens with one attached hydrogen (secondary N) is 1. The van der Waals surface area contributed by atoms with Crippen LogP contribution in [-0.2, 0) is 4.79 Å². The molecular weight excluding hydrogens is 240 g/mol. The Hall–Kier alpha value is -1.86. The zero-order valence-corrected chi connectivity index (χ0v) is 11.3. The molecule has 4 heteroatoms. The molecule has 2 N–H and O–H groups in total. The molecule has 0 saturated heterocycles. The fourth-order valence-electron chi connectivity index (χ4n) is 1.62. The number of aliphatic hydroxyl groups excluding tert-OH is 1. The van der Waals surface area contributed by atoms with Crippen LogP contribution in [0, 0.1) is 11.8 Å². The van der Waals surface area contributed by atoms with Gasteiger partial charge in [0.15, 0.2) is 0 Å². The van der Waals surface area contributed by atoms with Crippen LogP contribution in [0.4, 0.5) is 5.82 Å². The first-order chi connectivity index (χ1) is 9.26. The number of aromatic nitrogens is 1. The number of hydrogen-bond acceptors (Lipinski definition) is 3. The first-order valence-electron chi connectivity index (χ1n) is 6.63. The van der Waals surface area contributed by atoms with Crippen LogP contribution in [0.25, 0.3) is 0 Å². The van der Waals surface area contributed by atoms with Crippen molar-refractivity contribution >= 4 is 11.7 Å². The van der Waals surface area contributed by atoms with Crippen LogP contribution in [0.5, 0.6) is 0 Å². The predicted octanol–water partition coefficient (Wildman–Crippen LogP) is 2.33. The maximum absolute atomic E-state index is 11.7. The Morgan fingerprint density at radius 2 is 2.21 bits per heavy atom. The van der Waals surface area contributed by atoms with Crippen molar-refractivity contribution in [2.45, 2.75) is 39.0 Å². The van der Waals surface area contributed by atoms with Gasteiger partial charge in [0, 0.05) is 6.42 Å². The summed E-state index contributed by atoms with van der Waals surface area (Å²) in [5.41, 5.74) is 0.540. The lowest BCUT2D eigenvalue weighted by atomic mass is 10.1. The lowest BCUT2D eigenvalue weighted by Crippen LogP contribution is -2.12. The summed E-state index contributed by atoms with van der Waals surface area (Å²) >= 11 is 0. The Labute approximate surface area is 114 Å². The summed E-state index contributed by atoms with van der Waals surface area (Å²) in [6.45, 7) is 1.94. The topological polar surface area (TPSA) is 62.2 Å². The molecule has 0 unspecified atom stereocenters. The summed E-state index contributed by atoms with van der Waals surface area (Å²) < 4.78 is 0. The smallest absolute Gasteiger partial charge is 0.225 e. The van der Waals surface area contributed by atoms with E-state index in [4.69, 9.17) is 5.11 Å². The molecule has 1 aromatic heterocycles. The van der Waals surface area contributed by atoms with Crippen LogP contribution in [-0.4, -0.2) is 22.6 Å². The lowest BCUT2D eigenvalue weighted by Gasteiger charge is -2.04. The summed E-state index contributed by atoms with van der Waals surface area (Å²) in [4.78, 5) is 15.9. The number of anilines is 1. The average Bonchev–Trinajstić information content (AvgIpc) is 2.42. The summed E-state index contributed by atoms with van der Waals surface area (Å²) in [6, 6.07) is 5.24. The zero-order valence-electron chi connectivity index (χ0n) is 11.3. The van der Waals surface area contributed by atoms with Crippen LogP contribution >= 0.6 is 0 Å². The van der Waals surface area contributed by atoms with Crippen LogP contribution in [0.2, 0.25) is 0 Å². The molecule has 0 aliphatic heterocycles. The summed E-state index contributed by atoms with van der Waals surface area (Å²) in [6.07, 6.45) is 4.84. The van der Waals surface area contributed by atoms with Gasteiger partial charge in [-0.2, -0.15) is 0 Å². The maximum Gasteiger partial charge on any atom is 0.225 e. The number of pyridine rings is 1. The summed E-state index contributed by atoms with van der Waals surface area (Å²) in [5.74, 6) is 5.72. The standard InChI is InChI=1S/C15H20N2O2/c1-2-3-4-5-11-15(19)17-14-10-6-8-13(16-14)9-7-12-18/h6,8,10,18H,2-5,11-12H2,1H3,(H,16,17,19). The second kappa shape index (κ2) is 9.12. The van der Waals surface area contributed by atoms with Crippen LogP contribution in [0.1, 0.15) is 44.7 Å². The molecule has 0 aromatic carbocycles. The third kappa shape index (κ3) is 6.58. The van der Waals surface area contributed by atoms with E-state index in [1.54, 1.807) is 18.2 Å². The molecule has 0 spiro atoms. The number of carbonyl (C=O) groups excluding carboxylic acids is 1. The molecule has 0 radical (unpaired) electrons. The van der Waals surface area contributed by atoms with E-state index >= 15 is 0 Å². The number of amides is 1. The third-order valence-electron chi connectivity index (χ3n) is 2.57. The summed E-state index contributed by atoms with van der Waals surface area (Å²) in [5, 5.41) is 11.4. The minimum absolute atomic E-state index is 0.0177. The first kappa shape index (κ1) is 15.2. The van der Waals surface area contributed by atoms with Gasteiger partial charge in [-0.25, -0.2) is 4.98 Å². The highest BCUT2D eigenvalue weighted by Gasteiger charge is 2.03. The number of aliphatic hydroxyl groups is 1. The molecule has 19 heavy (non-hydrogen) atoms. The van der Waals surface area contributed by atoms with E-state index in [9.17, 15) is 4.79 Å². The van der Waals surface area contributed by atoms with Gasteiger partial charge < -0.3 is 10.4 Å². The average molecular weight is 260 g/mol. The van der Waals surface area contributed by atoms with E-state index in [0.717, 1.165) is 25.7 Å². The van der Waals surface area contributed by atoms with Gasteiger partial charge in [-0.15, -0.1) is 0 Å². The molecule has 0 bridgehead atoms. The maximum atomic E-state index is 11.7. The monoisotopic (exact) mass is 260 g/mol. The number of carbonyl (C=O) groups is 1. The Morgan fingerprint density at radius 1 is 1.37 bits per heavy atom. The van der Waals surface area contributed by atoms with Crippen molar-refractivity contribution in [2.75, 3.05) is 11.9 Å². The number of nitrogens with zero attached hydrogens (tertiary/aromatic N) is 1. The van der Waals surface area contributed by atoms with E-state index in [1.165, 1.54) is 0 Å². The van der Waals surface area contributed by atoms with Crippen molar-refractivity contribution in [3.63, 3.8) is 0 Å². The Kier molecular flexibility index (Phi) is 7.30. The van der Waals surface area contributed by atoms with Crippen molar-refractivity contribution < 1.29 is 9.90 Å². The Balaban J connectivity index is 2.45. The van der Waals surface area contributed by atoms with E-state index in [-0.39, 0.29) is 12.5 Å². The van der Waals surface area contributed by atoms with Gasteiger partial charge in [0.2, 0.25) is 5.91 Å². The predicted molar refractivity (Wildman–Crippen MR) is 75.6 cm³/mol. The van der Waals surface area contributed by atoms with Crippen molar-refractivity contribution in [3.05, 3.63) is 23.9 Å². The number of unbranched alkanes of at least 4 members (excludes halogenated alkanes) is 3. The van der Waals surface area contributed by atoms with Gasteiger partial charge in [-0.1, -0.05) is 38.2 Å². The highest BCUT2D eigenvalue weighted by molar-refractivity contribution is 5.89. The first-order valence-corrected chi connectivity index (χ1v) is 6.63. The van der Waals surface area contributed by atoms with Gasteiger partial charge >= 0.3 is 0 Å². The van der Waals surface area contributed by atoms with Gasteiger partial charge in [0.25, 0.3) is 0 Å². The van der Waals surface area contributed by atoms with Gasteiger partial charge in [-0.3, -0.25) is 4.79 Å². The highest BCUT2D eigenvalue weighted by atomic mass is 16.2. The van der Waals surface area contributed by atoms with E-state index in [0.29, 0.717) is 17.9 Å². The Bertz CT molecular complexity index is 461. The summed E-state index contributed by atoms with van der Waals surface area (Å²) in [7, 11) is 0. The van der Waals surface area contributed by atoms with E-state index in [2.05, 4.69) is 29.1 Å². The molecule has 4 nitrogen and oxygen atoms in total. The molecule has 0 aliphatic carbocycles. The molecule has 1 amide bonds. The molecule has 0 saturated carbocycles. The van der Waals surface area contributed by atoms with Crippen molar-refractivity contribution in [1.82, 2.24) is 4.98 Å². The minimum atomic E-state index is -0.199. The minimum Gasteiger partial charge on any atom is -0.384 e. The van der Waals surface area contributed by atoms with Crippen LogP contribution in [0.3, 0.4) is 0 Å². The second-order valence-electron chi connectivity index (χ2n) is 4.23. The number of hydrogen-bond donors (Lipinski definition) is 2. The third-order valence-corrected chi connectivity index (χ3v) is 2.57. The zero-order chi connectivity index (χ0) is 13.9. The van der Waals surface area contributed by atoms with Crippen molar-refractivity contribution in [3.8, 4) is 11.8 Å². The quantitative estimate of drug-likeness (QED) is 0.609. The molecule has 0 fully saturated rings. The molecule has 1 heterocycles. The highest BCUT2D eigenvalue weighted by Crippen LogP contribution is 2.07. The van der Waals surface area contributed by atoms with Gasteiger partial charge in [-0.05, 0) is 24.5 Å². The molecule has 102 valence electrons. The van der Waals surface area contributed by atoms with E-state index in [1.807, 2.05) is 0 Å². The largest absolute Gasteiger partial charge is 0.384 e. The van der Waals surface area contributed by atoms with Gasteiger partial charge in [0.05, 0.1) is 0 Å². The Morgan fingerprint density at radius 3 is 2.95 bits per heavy atom. The molecule has 0 aliphatic rings. The van der Waals surface area contributed by atoms with Crippen LogP contribution < -0.4 is 5.32 Å². The number of rotatable bonds is 6. The van der Waals surface area contributed by atoms with E-state index < -0.39 is 0 Å². The molecular formula is C15H20N2O2. The molecule has 1 aromatic rings. The van der Waals surface area contributed by atoms with Crippen LogP contribution in [0.15, 0.2) is 18.2 Å². The molecule has 1 rings (SSSR count). The fraction of sp³-hybridized carbons (Fsp3) is 0.467. The SMILES string of the molecule is CCCCCCC(=O)Nc1cccc(C#CCO)n1. The van der Waals surface area contributed by atoms with Crippen molar-refractivity contribution in [1.29, 1.82) is 0 Å².